The number of ether oxygens (including phenoxy) is 1. The Morgan fingerprint density at radius 1 is 1.07 bits per heavy atom. The van der Waals surface area contributed by atoms with E-state index in [2.05, 4.69) is 29.8 Å². The van der Waals surface area contributed by atoms with Crippen molar-refractivity contribution in [2.24, 2.45) is 0 Å². The summed E-state index contributed by atoms with van der Waals surface area (Å²) in [5.41, 5.74) is 0.793. The lowest BCUT2D eigenvalue weighted by Crippen LogP contribution is -2.64. The summed E-state index contributed by atoms with van der Waals surface area (Å²) in [5.74, 6) is -0.161. The molecule has 0 spiro atoms. The highest BCUT2D eigenvalue weighted by molar-refractivity contribution is 7.09. The van der Waals surface area contributed by atoms with Crippen molar-refractivity contribution in [3.63, 3.8) is 0 Å². The monoisotopic (exact) mass is 605 g/mol. The Balaban J connectivity index is 1.74. The zero-order valence-electron chi connectivity index (χ0n) is 24.7. The van der Waals surface area contributed by atoms with Crippen LogP contribution < -0.4 is 20.7 Å². The first-order valence-electron chi connectivity index (χ1n) is 14.4. The maximum Gasteiger partial charge on any atom is 0.415 e. The van der Waals surface area contributed by atoms with Gasteiger partial charge in [-0.1, -0.05) is 63.9 Å². The summed E-state index contributed by atoms with van der Waals surface area (Å²) in [5, 5.41) is 12.1. The number of piperazine rings is 1. The van der Waals surface area contributed by atoms with Crippen molar-refractivity contribution in [2.75, 3.05) is 26.2 Å². The van der Waals surface area contributed by atoms with E-state index < -0.39 is 18.2 Å². The number of halogens is 1. The highest BCUT2D eigenvalue weighted by atomic mass is 35.5. The van der Waals surface area contributed by atoms with E-state index in [-0.39, 0.29) is 43.2 Å². The first kappa shape index (κ1) is 32.8. The largest absolute Gasteiger partial charge is 0.415 e. The van der Waals surface area contributed by atoms with Crippen LogP contribution in [0.15, 0.2) is 35.7 Å². The number of nitrogens with zero attached hydrogens (tertiary/aromatic N) is 2. The van der Waals surface area contributed by atoms with Crippen LogP contribution in [0, 0.1) is 6.92 Å². The summed E-state index contributed by atoms with van der Waals surface area (Å²) >= 11 is 7.89. The molecule has 2 aromatic rings. The molecule has 1 aromatic carbocycles. The molecule has 2 atom stereocenters. The zero-order chi connectivity index (χ0) is 29.9. The molecule has 3 amide bonds. The molecule has 0 aliphatic carbocycles. The smallest absolute Gasteiger partial charge is 0.409 e. The lowest BCUT2D eigenvalue weighted by atomic mass is 10.0. The first-order valence-corrected chi connectivity index (χ1v) is 15.6. The Bertz CT molecular complexity index is 1140. The number of carbonyl (C=O) groups is 3. The van der Waals surface area contributed by atoms with Crippen molar-refractivity contribution < 1.29 is 19.1 Å². The third-order valence-electron chi connectivity index (χ3n) is 6.90. The van der Waals surface area contributed by atoms with Crippen LogP contribution in [0.1, 0.15) is 57.4 Å². The topological polar surface area (TPSA) is 103 Å². The summed E-state index contributed by atoms with van der Waals surface area (Å²) in [7, 11) is 0. The van der Waals surface area contributed by atoms with E-state index in [1.165, 1.54) is 4.90 Å². The van der Waals surface area contributed by atoms with Gasteiger partial charge in [-0.25, -0.2) is 4.79 Å². The number of aryl methyl sites for hydroxylation is 1. The molecule has 0 bridgehead atoms. The van der Waals surface area contributed by atoms with Gasteiger partial charge >= 0.3 is 6.09 Å². The molecular weight excluding hydrogens is 562 g/mol. The van der Waals surface area contributed by atoms with Gasteiger partial charge in [0.05, 0.1) is 24.2 Å². The predicted octanol–water partition coefficient (Wildman–Crippen LogP) is 4.57. The maximum atomic E-state index is 13.9. The van der Waals surface area contributed by atoms with Crippen LogP contribution in [0.5, 0.6) is 5.75 Å². The molecule has 1 saturated heterocycles. The zero-order valence-corrected chi connectivity index (χ0v) is 26.3. The fourth-order valence-corrected chi connectivity index (χ4v) is 5.55. The molecule has 1 aliphatic rings. The number of carbonyl (C=O) groups excluding carboxylic acids is 3. The van der Waals surface area contributed by atoms with Crippen molar-refractivity contribution in [2.45, 2.75) is 84.6 Å². The Hall–Kier alpha value is -2.66. The van der Waals surface area contributed by atoms with E-state index in [9.17, 15) is 14.4 Å². The molecule has 1 fully saturated rings. The number of hydrogen-bond donors (Lipinski definition) is 3. The second-order valence-corrected chi connectivity index (χ2v) is 12.4. The quantitative estimate of drug-likeness (QED) is 0.289. The van der Waals surface area contributed by atoms with Crippen LogP contribution in [0.4, 0.5) is 4.79 Å². The van der Waals surface area contributed by atoms with E-state index in [4.69, 9.17) is 16.3 Å². The van der Waals surface area contributed by atoms with Crippen LogP contribution in [-0.2, 0) is 16.1 Å². The van der Waals surface area contributed by atoms with Crippen molar-refractivity contribution >= 4 is 40.8 Å². The van der Waals surface area contributed by atoms with Gasteiger partial charge in [-0.15, -0.1) is 11.3 Å². The summed E-state index contributed by atoms with van der Waals surface area (Å²) < 4.78 is 5.60. The minimum absolute atomic E-state index is 0.0248. The van der Waals surface area contributed by atoms with Gasteiger partial charge in [0.25, 0.3) is 0 Å². The van der Waals surface area contributed by atoms with Gasteiger partial charge in [-0.3, -0.25) is 9.59 Å². The fraction of sp³-hybridized carbons (Fsp3) is 0.567. The highest BCUT2D eigenvalue weighted by Gasteiger charge is 2.40. The Kier molecular flexibility index (Phi) is 12.9. The van der Waals surface area contributed by atoms with Gasteiger partial charge < -0.3 is 30.5 Å². The Labute approximate surface area is 252 Å². The average molecular weight is 606 g/mol. The van der Waals surface area contributed by atoms with Gasteiger partial charge in [0.2, 0.25) is 11.8 Å². The van der Waals surface area contributed by atoms with Gasteiger partial charge in [0.15, 0.2) is 5.75 Å². The number of hydrogen-bond acceptors (Lipinski definition) is 7. The molecular formula is C30H44ClN5O4S. The molecule has 0 unspecified atom stereocenters. The highest BCUT2D eigenvalue weighted by Crippen LogP contribution is 2.28. The van der Waals surface area contributed by atoms with Crippen molar-refractivity contribution in [1.29, 1.82) is 0 Å². The van der Waals surface area contributed by atoms with Gasteiger partial charge in [0.1, 0.15) is 6.04 Å². The van der Waals surface area contributed by atoms with E-state index in [1.807, 2.05) is 44.4 Å². The van der Waals surface area contributed by atoms with Crippen LogP contribution in [0.25, 0.3) is 0 Å². The third kappa shape index (κ3) is 9.99. The van der Waals surface area contributed by atoms with E-state index in [1.54, 1.807) is 28.4 Å². The molecule has 2 heterocycles. The van der Waals surface area contributed by atoms with E-state index in [0.717, 1.165) is 29.8 Å². The number of thiophene rings is 1. The predicted molar refractivity (Wildman–Crippen MR) is 165 cm³/mol. The maximum absolute atomic E-state index is 13.9. The second-order valence-electron chi connectivity index (χ2n) is 11.0. The minimum atomic E-state index is -0.851. The molecule has 1 aromatic heterocycles. The number of rotatable bonds is 13. The SMILES string of the molecule is Cc1cccc(OC(=O)N2CCN(C(=O)[C@@H](CCCCNC(C)C)NC(C)C)[C@H](C(=O)NCc3cccs3)C2)c1Cl. The third-order valence-corrected chi connectivity index (χ3v) is 8.26. The molecule has 41 heavy (non-hydrogen) atoms. The van der Waals surface area contributed by atoms with Crippen LogP contribution in [0.2, 0.25) is 5.02 Å². The standard InChI is InChI=1S/C30H44ClN5O4S/c1-20(2)32-14-7-6-12-24(34-21(3)4)29(38)36-16-15-35(30(39)40-26-13-8-10-22(5)27(26)31)19-25(36)28(37)33-18-23-11-9-17-41-23/h8-11,13,17,20-21,24-25,32,34H,6-7,12,14-16,18-19H2,1-5H3,(H,33,37)/t24-,25+/m1/s1. The summed E-state index contributed by atoms with van der Waals surface area (Å²) in [4.78, 5) is 44.7. The van der Waals surface area contributed by atoms with Gasteiger partial charge in [0, 0.05) is 30.1 Å². The summed E-state index contributed by atoms with van der Waals surface area (Å²) in [6, 6.07) is 8.34. The molecule has 0 saturated carbocycles. The number of unbranched alkanes of at least 4 members (excludes halogenated alkanes) is 1. The normalized spacial score (nSPS) is 16.2. The van der Waals surface area contributed by atoms with Crippen molar-refractivity contribution in [3.8, 4) is 5.75 Å². The Morgan fingerprint density at radius 3 is 2.54 bits per heavy atom. The first-order chi connectivity index (χ1) is 19.6. The number of benzene rings is 1. The van der Waals surface area contributed by atoms with E-state index >= 15 is 0 Å². The van der Waals surface area contributed by atoms with E-state index in [0.29, 0.717) is 24.0 Å². The van der Waals surface area contributed by atoms with Crippen molar-refractivity contribution in [1.82, 2.24) is 25.8 Å². The molecule has 0 radical (unpaired) electrons. The van der Waals surface area contributed by atoms with Crippen LogP contribution >= 0.6 is 22.9 Å². The minimum Gasteiger partial charge on any atom is -0.409 e. The molecule has 11 heteroatoms. The molecule has 3 rings (SSSR count). The second kappa shape index (κ2) is 16.1. The number of amides is 3. The van der Waals surface area contributed by atoms with Crippen molar-refractivity contribution in [3.05, 3.63) is 51.2 Å². The molecule has 3 N–H and O–H groups in total. The van der Waals surface area contributed by atoms with Gasteiger partial charge in [-0.2, -0.15) is 0 Å². The lowest BCUT2D eigenvalue weighted by Gasteiger charge is -2.41. The van der Waals surface area contributed by atoms with Gasteiger partial charge in [-0.05, 0) is 49.4 Å². The Morgan fingerprint density at radius 2 is 1.85 bits per heavy atom. The average Bonchev–Trinajstić information content (AvgIpc) is 3.46. The molecule has 1 aliphatic heterocycles. The molecule has 226 valence electrons. The summed E-state index contributed by atoms with van der Waals surface area (Å²) in [6.07, 6.45) is 1.88. The fourth-order valence-electron chi connectivity index (χ4n) is 4.74. The summed E-state index contributed by atoms with van der Waals surface area (Å²) in [6.45, 7) is 11.8. The van der Waals surface area contributed by atoms with Crippen LogP contribution in [0.3, 0.4) is 0 Å². The molecule has 9 nitrogen and oxygen atoms in total. The lowest BCUT2D eigenvalue weighted by molar-refractivity contribution is -0.145. The van der Waals surface area contributed by atoms with Crippen LogP contribution in [-0.4, -0.2) is 78.1 Å². The number of nitrogens with one attached hydrogen (secondary N) is 3.